The minimum atomic E-state index is -0.776. The average Bonchev–Trinajstić information content (AvgIpc) is 2.53. The Bertz CT molecular complexity index is 660. The van der Waals surface area contributed by atoms with E-state index < -0.39 is 11.0 Å². The van der Waals surface area contributed by atoms with Crippen LogP contribution in [0.2, 0.25) is 0 Å². The van der Waals surface area contributed by atoms with Gasteiger partial charge in [0.05, 0.1) is 22.7 Å². The van der Waals surface area contributed by atoms with Crippen LogP contribution in [0.1, 0.15) is 17.2 Å². The maximum absolute atomic E-state index is 10.6. The monoisotopic (exact) mass is 283 g/mol. The van der Waals surface area contributed by atoms with Crippen molar-refractivity contribution in [3.8, 4) is 6.07 Å². The number of hydrogen-bond donors (Lipinski definition) is 2. The number of nitrogens with one attached hydrogen (secondary N) is 1. The Morgan fingerprint density at radius 3 is 2.33 bits per heavy atom. The van der Waals surface area contributed by atoms with Gasteiger partial charge in [-0.25, -0.2) is 0 Å². The minimum Gasteiger partial charge on any atom is -0.387 e. The van der Waals surface area contributed by atoms with E-state index in [1.165, 1.54) is 24.3 Å². The molecule has 0 radical (unpaired) electrons. The summed E-state index contributed by atoms with van der Waals surface area (Å²) in [4.78, 5) is 10.1. The number of aliphatic hydroxyl groups excluding tert-OH is 1. The van der Waals surface area contributed by atoms with Gasteiger partial charge in [0.1, 0.15) is 0 Å². The zero-order valence-electron chi connectivity index (χ0n) is 11.1. The highest BCUT2D eigenvalue weighted by molar-refractivity contribution is 5.47. The van der Waals surface area contributed by atoms with Gasteiger partial charge in [-0.1, -0.05) is 0 Å². The summed E-state index contributed by atoms with van der Waals surface area (Å²) < 4.78 is 0. The molecule has 0 aliphatic rings. The lowest BCUT2D eigenvalue weighted by Gasteiger charge is -2.13. The van der Waals surface area contributed by atoms with Crippen molar-refractivity contribution in [3.63, 3.8) is 0 Å². The van der Waals surface area contributed by atoms with Gasteiger partial charge < -0.3 is 10.4 Å². The number of hydrogen-bond acceptors (Lipinski definition) is 5. The summed E-state index contributed by atoms with van der Waals surface area (Å²) in [5, 5.41) is 32.3. The first-order valence-electron chi connectivity index (χ1n) is 6.26. The van der Waals surface area contributed by atoms with Crippen LogP contribution in [0.4, 0.5) is 11.4 Å². The maximum atomic E-state index is 10.6. The molecule has 0 saturated heterocycles. The second-order valence-electron chi connectivity index (χ2n) is 4.43. The highest BCUT2D eigenvalue weighted by atomic mass is 16.6. The second-order valence-corrected chi connectivity index (χ2v) is 4.43. The van der Waals surface area contributed by atoms with Crippen LogP contribution in [0.15, 0.2) is 48.5 Å². The number of rotatable bonds is 5. The van der Waals surface area contributed by atoms with E-state index >= 15 is 0 Å². The number of aliphatic hydroxyl groups is 1. The highest BCUT2D eigenvalue weighted by Gasteiger charge is 2.10. The lowest BCUT2D eigenvalue weighted by atomic mass is 10.1. The quantitative estimate of drug-likeness (QED) is 0.649. The van der Waals surface area contributed by atoms with Crippen LogP contribution in [0.25, 0.3) is 0 Å². The van der Waals surface area contributed by atoms with Crippen molar-refractivity contribution >= 4 is 11.4 Å². The van der Waals surface area contributed by atoms with E-state index in [4.69, 9.17) is 5.26 Å². The van der Waals surface area contributed by atoms with E-state index in [2.05, 4.69) is 5.32 Å². The molecule has 0 fully saturated rings. The fraction of sp³-hybridized carbons (Fsp3) is 0.133. The lowest BCUT2D eigenvalue weighted by Crippen LogP contribution is -2.12. The Kier molecular flexibility index (Phi) is 4.49. The van der Waals surface area contributed by atoms with E-state index in [1.54, 1.807) is 24.3 Å². The summed E-state index contributed by atoms with van der Waals surface area (Å²) in [6, 6.07) is 14.7. The Labute approximate surface area is 121 Å². The SMILES string of the molecule is N#Cc1ccc(NCC(O)c2ccc([N+](=O)[O-])cc2)cc1. The van der Waals surface area contributed by atoms with Gasteiger partial charge in [-0.15, -0.1) is 0 Å². The Balaban J connectivity index is 1.96. The van der Waals surface area contributed by atoms with Crippen molar-refractivity contribution in [1.29, 1.82) is 5.26 Å². The van der Waals surface area contributed by atoms with Crippen LogP contribution in [-0.4, -0.2) is 16.6 Å². The van der Waals surface area contributed by atoms with Gasteiger partial charge in [0.25, 0.3) is 5.69 Å². The fourth-order valence-electron chi connectivity index (χ4n) is 1.81. The van der Waals surface area contributed by atoms with Crippen molar-refractivity contribution in [1.82, 2.24) is 0 Å². The molecule has 6 heteroatoms. The number of nitro groups is 1. The number of non-ortho nitro benzene ring substituents is 1. The highest BCUT2D eigenvalue weighted by Crippen LogP contribution is 2.18. The summed E-state index contributed by atoms with van der Waals surface area (Å²) in [6.07, 6.45) is -0.776. The van der Waals surface area contributed by atoms with E-state index in [0.29, 0.717) is 11.1 Å². The molecule has 2 aromatic carbocycles. The third-order valence-corrected chi connectivity index (χ3v) is 3.00. The first kappa shape index (κ1) is 14.5. The molecule has 0 spiro atoms. The van der Waals surface area contributed by atoms with E-state index in [9.17, 15) is 15.2 Å². The largest absolute Gasteiger partial charge is 0.387 e. The molecule has 1 atom stereocenters. The molecule has 0 saturated carbocycles. The molecular formula is C15H13N3O3. The average molecular weight is 283 g/mol. The first-order chi connectivity index (χ1) is 10.1. The predicted octanol–water partition coefficient (Wildman–Crippen LogP) is 2.61. The summed E-state index contributed by atoms with van der Waals surface area (Å²) in [6.45, 7) is 0.268. The Hall–Kier alpha value is -2.91. The molecule has 1 unspecified atom stereocenters. The first-order valence-corrected chi connectivity index (χ1v) is 6.26. The van der Waals surface area contributed by atoms with Crippen LogP contribution in [0.5, 0.6) is 0 Å². The molecule has 0 aliphatic carbocycles. The van der Waals surface area contributed by atoms with Crippen LogP contribution in [0.3, 0.4) is 0 Å². The number of nitro benzene ring substituents is 1. The topological polar surface area (TPSA) is 99.2 Å². The Morgan fingerprint density at radius 2 is 1.81 bits per heavy atom. The molecule has 0 aromatic heterocycles. The Morgan fingerprint density at radius 1 is 1.19 bits per heavy atom. The van der Waals surface area contributed by atoms with Gasteiger partial charge in [-0.2, -0.15) is 5.26 Å². The molecule has 2 aromatic rings. The van der Waals surface area contributed by atoms with Crippen molar-refractivity contribution in [2.45, 2.75) is 6.10 Å². The normalized spacial score (nSPS) is 11.4. The van der Waals surface area contributed by atoms with Gasteiger partial charge in [0, 0.05) is 24.4 Å². The van der Waals surface area contributed by atoms with Crippen molar-refractivity contribution in [3.05, 3.63) is 69.8 Å². The molecule has 106 valence electrons. The van der Waals surface area contributed by atoms with Gasteiger partial charge in [-0.05, 0) is 42.0 Å². The van der Waals surface area contributed by atoms with E-state index in [1.807, 2.05) is 6.07 Å². The second kappa shape index (κ2) is 6.50. The number of nitrogens with zero attached hydrogens (tertiary/aromatic N) is 2. The standard InChI is InChI=1S/C15H13N3O3/c16-9-11-1-5-13(6-2-11)17-10-15(19)12-3-7-14(8-4-12)18(20)21/h1-8,15,17,19H,10H2. The molecule has 2 N–H and O–H groups in total. The van der Waals surface area contributed by atoms with Crippen LogP contribution in [-0.2, 0) is 0 Å². The summed E-state index contributed by atoms with van der Waals surface area (Å²) in [7, 11) is 0. The molecule has 0 heterocycles. The van der Waals surface area contributed by atoms with Crippen LogP contribution in [0, 0.1) is 21.4 Å². The third-order valence-electron chi connectivity index (χ3n) is 3.00. The smallest absolute Gasteiger partial charge is 0.269 e. The van der Waals surface area contributed by atoms with E-state index in [0.717, 1.165) is 5.69 Å². The van der Waals surface area contributed by atoms with Crippen molar-refractivity contribution in [2.75, 3.05) is 11.9 Å². The molecular weight excluding hydrogens is 270 g/mol. The third kappa shape index (κ3) is 3.78. The van der Waals surface area contributed by atoms with Gasteiger partial charge in [0.2, 0.25) is 0 Å². The molecule has 2 rings (SSSR count). The zero-order chi connectivity index (χ0) is 15.2. The molecule has 6 nitrogen and oxygen atoms in total. The number of anilines is 1. The summed E-state index contributed by atoms with van der Waals surface area (Å²) in [5.74, 6) is 0. The minimum absolute atomic E-state index is 0.00833. The van der Waals surface area contributed by atoms with Gasteiger partial charge in [-0.3, -0.25) is 10.1 Å². The van der Waals surface area contributed by atoms with Crippen LogP contribution >= 0.6 is 0 Å². The summed E-state index contributed by atoms with van der Waals surface area (Å²) in [5.41, 5.74) is 1.94. The predicted molar refractivity (Wildman–Crippen MR) is 77.7 cm³/mol. The van der Waals surface area contributed by atoms with Crippen molar-refractivity contribution in [2.24, 2.45) is 0 Å². The fourth-order valence-corrected chi connectivity index (χ4v) is 1.81. The zero-order valence-corrected chi connectivity index (χ0v) is 11.1. The van der Waals surface area contributed by atoms with Gasteiger partial charge >= 0.3 is 0 Å². The van der Waals surface area contributed by atoms with Crippen molar-refractivity contribution < 1.29 is 10.0 Å². The maximum Gasteiger partial charge on any atom is 0.269 e. The molecule has 0 bridgehead atoms. The number of benzene rings is 2. The number of nitriles is 1. The van der Waals surface area contributed by atoms with Gasteiger partial charge in [0.15, 0.2) is 0 Å². The molecule has 0 amide bonds. The molecule has 0 aliphatic heterocycles. The van der Waals surface area contributed by atoms with Crippen LogP contribution < -0.4 is 5.32 Å². The van der Waals surface area contributed by atoms with E-state index in [-0.39, 0.29) is 12.2 Å². The molecule has 21 heavy (non-hydrogen) atoms. The summed E-state index contributed by atoms with van der Waals surface area (Å²) >= 11 is 0. The lowest BCUT2D eigenvalue weighted by molar-refractivity contribution is -0.384.